The first-order valence-corrected chi connectivity index (χ1v) is 4.77. The van der Waals surface area contributed by atoms with Crippen molar-refractivity contribution in [3.05, 3.63) is 30.3 Å². The van der Waals surface area contributed by atoms with Gasteiger partial charge in [0.1, 0.15) is 0 Å². The molecule has 0 heterocycles. The van der Waals surface area contributed by atoms with Crippen LogP contribution in [0.1, 0.15) is 0 Å². The molecule has 0 fully saturated rings. The lowest BCUT2D eigenvalue weighted by molar-refractivity contribution is 1.41. The van der Waals surface area contributed by atoms with Gasteiger partial charge in [0.05, 0.1) is 0 Å². The Morgan fingerprint density at radius 3 is 2.54 bits per heavy atom. The summed E-state index contributed by atoms with van der Waals surface area (Å²) < 4.78 is 0. The van der Waals surface area contributed by atoms with E-state index in [0.717, 1.165) is 26.3 Å². The number of nitrogen functional groups attached to an aromatic ring is 1. The predicted octanol–water partition coefficient (Wildman–Crippen LogP) is 3.00. The van der Waals surface area contributed by atoms with Crippen LogP contribution < -0.4 is 5.73 Å². The molecule has 0 aliphatic heterocycles. The first-order chi connectivity index (χ1) is 6.16. The molecule has 2 aromatic carbocycles. The van der Waals surface area contributed by atoms with Gasteiger partial charge >= 0.3 is 0 Å². The monoisotopic (exact) mass is 207 g/mol. The Balaban J connectivity index is 2.87. The third-order valence-corrected chi connectivity index (χ3v) is 2.57. The molecule has 0 aromatic heterocycles. The zero-order valence-corrected chi connectivity index (χ0v) is 8.65. The number of fused-ring (bicyclic) bond motifs is 1. The molecule has 3 heteroatoms. The van der Waals surface area contributed by atoms with Crippen LogP contribution in [0.25, 0.3) is 10.8 Å². The second-order valence-corrected chi connectivity index (χ2v) is 3.94. The SMILES string of the molecule is Nc1ccc2cc(S)cc(S)c2c1. The maximum absolute atomic E-state index is 5.68. The smallest absolute Gasteiger partial charge is 0.0320 e. The van der Waals surface area contributed by atoms with Crippen molar-refractivity contribution in [2.75, 3.05) is 5.73 Å². The summed E-state index contributed by atoms with van der Waals surface area (Å²) in [6.07, 6.45) is 0. The van der Waals surface area contributed by atoms with Crippen molar-refractivity contribution in [1.29, 1.82) is 0 Å². The van der Waals surface area contributed by atoms with Crippen molar-refractivity contribution in [2.24, 2.45) is 0 Å². The summed E-state index contributed by atoms with van der Waals surface area (Å²) in [7, 11) is 0. The Bertz CT molecular complexity index is 466. The van der Waals surface area contributed by atoms with Gasteiger partial charge in [0.2, 0.25) is 0 Å². The highest BCUT2D eigenvalue weighted by Crippen LogP contribution is 2.27. The molecule has 1 nitrogen and oxygen atoms in total. The second-order valence-electron chi connectivity index (χ2n) is 2.95. The molecule has 66 valence electrons. The van der Waals surface area contributed by atoms with Gasteiger partial charge in [0, 0.05) is 15.5 Å². The van der Waals surface area contributed by atoms with Crippen molar-refractivity contribution < 1.29 is 0 Å². The molecule has 0 radical (unpaired) electrons. The standard InChI is InChI=1S/C10H9NS2/c11-7-2-1-6-3-8(12)5-10(13)9(6)4-7/h1-5,12-13H,11H2. The van der Waals surface area contributed by atoms with Gasteiger partial charge < -0.3 is 5.73 Å². The third kappa shape index (κ3) is 1.62. The third-order valence-electron chi connectivity index (χ3n) is 1.94. The Morgan fingerprint density at radius 1 is 1.00 bits per heavy atom. The van der Waals surface area contributed by atoms with E-state index in [2.05, 4.69) is 25.3 Å². The summed E-state index contributed by atoms with van der Waals surface area (Å²) in [5, 5.41) is 2.19. The summed E-state index contributed by atoms with van der Waals surface area (Å²) in [5.74, 6) is 0. The molecule has 0 atom stereocenters. The number of rotatable bonds is 0. The topological polar surface area (TPSA) is 26.0 Å². The number of benzene rings is 2. The Kier molecular flexibility index (Phi) is 2.14. The van der Waals surface area contributed by atoms with E-state index in [1.165, 1.54) is 0 Å². The first kappa shape index (κ1) is 8.78. The number of thiol groups is 2. The van der Waals surface area contributed by atoms with Crippen LogP contribution in [0.15, 0.2) is 40.1 Å². The van der Waals surface area contributed by atoms with Gasteiger partial charge in [-0.3, -0.25) is 0 Å². The molecule has 0 bridgehead atoms. The van der Waals surface area contributed by atoms with Crippen LogP contribution in [-0.4, -0.2) is 0 Å². The van der Waals surface area contributed by atoms with Crippen LogP contribution in [-0.2, 0) is 0 Å². The van der Waals surface area contributed by atoms with Crippen LogP contribution in [0.5, 0.6) is 0 Å². The lowest BCUT2D eigenvalue weighted by Gasteiger charge is -2.03. The maximum atomic E-state index is 5.68. The second kappa shape index (κ2) is 3.16. The highest BCUT2D eigenvalue weighted by atomic mass is 32.1. The first-order valence-electron chi connectivity index (χ1n) is 3.88. The van der Waals surface area contributed by atoms with Crippen molar-refractivity contribution >= 4 is 41.7 Å². The number of hydrogen-bond acceptors (Lipinski definition) is 3. The largest absolute Gasteiger partial charge is 0.399 e. The fourth-order valence-corrected chi connectivity index (χ4v) is 2.04. The minimum atomic E-state index is 0.759. The van der Waals surface area contributed by atoms with E-state index in [9.17, 15) is 0 Å². The Morgan fingerprint density at radius 2 is 1.77 bits per heavy atom. The van der Waals surface area contributed by atoms with Gasteiger partial charge in [-0.25, -0.2) is 0 Å². The zero-order valence-electron chi connectivity index (χ0n) is 6.86. The van der Waals surface area contributed by atoms with E-state index in [4.69, 9.17) is 5.73 Å². The Labute approximate surface area is 87.8 Å². The van der Waals surface area contributed by atoms with Crippen molar-refractivity contribution in [3.63, 3.8) is 0 Å². The molecule has 2 aromatic rings. The maximum Gasteiger partial charge on any atom is 0.0320 e. The molecule has 0 saturated heterocycles. The summed E-state index contributed by atoms with van der Waals surface area (Å²) in [6, 6.07) is 9.68. The fourth-order valence-electron chi connectivity index (χ4n) is 1.34. The molecular weight excluding hydrogens is 198 g/mol. The van der Waals surface area contributed by atoms with Crippen LogP contribution in [0.2, 0.25) is 0 Å². The van der Waals surface area contributed by atoms with Gasteiger partial charge in [-0.1, -0.05) is 6.07 Å². The lowest BCUT2D eigenvalue weighted by atomic mass is 10.1. The summed E-state index contributed by atoms with van der Waals surface area (Å²) in [5.41, 5.74) is 6.44. The van der Waals surface area contributed by atoms with Gasteiger partial charge in [-0.2, -0.15) is 0 Å². The van der Waals surface area contributed by atoms with E-state index in [1.807, 2.05) is 30.3 Å². The zero-order chi connectivity index (χ0) is 9.42. The van der Waals surface area contributed by atoms with E-state index >= 15 is 0 Å². The van der Waals surface area contributed by atoms with E-state index < -0.39 is 0 Å². The molecule has 0 aliphatic carbocycles. The molecule has 0 unspecified atom stereocenters. The molecule has 13 heavy (non-hydrogen) atoms. The van der Waals surface area contributed by atoms with Gasteiger partial charge in [-0.05, 0) is 35.0 Å². The van der Waals surface area contributed by atoms with Crippen molar-refractivity contribution in [2.45, 2.75) is 9.79 Å². The van der Waals surface area contributed by atoms with Gasteiger partial charge in [-0.15, -0.1) is 25.3 Å². The highest BCUT2D eigenvalue weighted by Gasteiger charge is 1.99. The van der Waals surface area contributed by atoms with Crippen LogP contribution in [0.3, 0.4) is 0 Å². The minimum Gasteiger partial charge on any atom is -0.399 e. The quantitative estimate of drug-likeness (QED) is 0.449. The fraction of sp³-hybridized carbons (Fsp3) is 0. The Hall–Kier alpha value is -0.800. The summed E-state index contributed by atoms with van der Waals surface area (Å²) in [6.45, 7) is 0. The van der Waals surface area contributed by atoms with Gasteiger partial charge in [0.25, 0.3) is 0 Å². The molecule has 0 spiro atoms. The van der Waals surface area contributed by atoms with Crippen molar-refractivity contribution in [1.82, 2.24) is 0 Å². The molecule has 2 N–H and O–H groups in total. The molecule has 0 aliphatic rings. The summed E-state index contributed by atoms with van der Waals surface area (Å²) in [4.78, 5) is 1.83. The molecule has 2 rings (SSSR count). The van der Waals surface area contributed by atoms with E-state index in [0.29, 0.717) is 0 Å². The number of nitrogens with two attached hydrogens (primary N) is 1. The van der Waals surface area contributed by atoms with E-state index in [1.54, 1.807) is 0 Å². The summed E-state index contributed by atoms with van der Waals surface area (Å²) >= 11 is 8.64. The number of hydrogen-bond donors (Lipinski definition) is 3. The van der Waals surface area contributed by atoms with Crippen molar-refractivity contribution in [3.8, 4) is 0 Å². The average Bonchev–Trinajstić information content (AvgIpc) is 2.06. The van der Waals surface area contributed by atoms with Crippen LogP contribution >= 0.6 is 25.3 Å². The molecule has 0 saturated carbocycles. The normalized spacial score (nSPS) is 10.6. The molecule has 0 amide bonds. The lowest BCUT2D eigenvalue weighted by Crippen LogP contribution is -1.84. The van der Waals surface area contributed by atoms with E-state index in [-0.39, 0.29) is 0 Å². The van der Waals surface area contributed by atoms with Crippen LogP contribution in [0.4, 0.5) is 5.69 Å². The predicted molar refractivity (Wildman–Crippen MR) is 62.9 cm³/mol. The molecular formula is C10H9NS2. The minimum absolute atomic E-state index is 0.759. The van der Waals surface area contributed by atoms with Crippen LogP contribution in [0, 0.1) is 0 Å². The number of anilines is 1. The average molecular weight is 207 g/mol. The highest BCUT2D eigenvalue weighted by molar-refractivity contribution is 7.81. The van der Waals surface area contributed by atoms with Gasteiger partial charge in [0.15, 0.2) is 0 Å².